The largest absolute Gasteiger partial charge is 0.507 e. The van der Waals surface area contributed by atoms with Crippen molar-refractivity contribution in [2.24, 2.45) is 0 Å². The lowest BCUT2D eigenvalue weighted by atomic mass is 9.95. The predicted molar refractivity (Wildman–Crippen MR) is 129 cm³/mol. The maximum Gasteiger partial charge on any atom is 0.354 e. The number of aliphatic hydroxyl groups excluding tert-OH is 1. The van der Waals surface area contributed by atoms with E-state index in [0.717, 1.165) is 12.0 Å². The summed E-state index contributed by atoms with van der Waals surface area (Å²) >= 11 is 0. The van der Waals surface area contributed by atoms with E-state index >= 15 is 0 Å². The third kappa shape index (κ3) is 4.09. The maximum atomic E-state index is 13.5. The maximum absolute atomic E-state index is 13.5. The van der Waals surface area contributed by atoms with Gasteiger partial charge < -0.3 is 20.0 Å². The van der Waals surface area contributed by atoms with Crippen LogP contribution in [-0.2, 0) is 19.1 Å². The Kier molecular flexibility index (Phi) is 6.52. The number of carbonyl (C=O) groups is 3. The Labute approximate surface area is 201 Å². The van der Waals surface area contributed by atoms with Gasteiger partial charge in [-0.25, -0.2) is 4.79 Å². The van der Waals surface area contributed by atoms with Crippen LogP contribution >= 0.6 is 0 Å². The number of methoxy groups -OCH3 is 2. The van der Waals surface area contributed by atoms with Crippen LogP contribution in [0, 0.1) is 0 Å². The van der Waals surface area contributed by atoms with Gasteiger partial charge in [0, 0.05) is 16.9 Å². The molecule has 1 atom stereocenters. The number of Topliss-reactive ketones (excluding diaryl/α,β-unsaturated/α-hetero) is 1. The Morgan fingerprint density at radius 3 is 2.06 bits per heavy atom. The summed E-state index contributed by atoms with van der Waals surface area (Å²) in [6.45, 7) is 0. The van der Waals surface area contributed by atoms with Crippen LogP contribution in [0.25, 0.3) is 5.76 Å². The van der Waals surface area contributed by atoms with Crippen molar-refractivity contribution >= 4 is 34.8 Å². The lowest BCUT2D eigenvalue weighted by molar-refractivity contribution is -0.147. The van der Waals surface area contributed by atoms with E-state index in [0.29, 0.717) is 11.4 Å². The van der Waals surface area contributed by atoms with Gasteiger partial charge >= 0.3 is 11.9 Å². The standard InChI is InChI=1S/C26H23N3O6/c1-34-20-15-13-19(14-16-20)29-24(32)23(31)21(22(30)17-9-5-3-6-10-17)26(29,25(33)35-2)28-27-18-11-7-4-8-12-18/h3-16,27-28,30H,1-2H3/b22-21-. The first-order chi connectivity index (χ1) is 16.9. The number of nitrogens with zero attached hydrogens (tertiary/aromatic N) is 1. The highest BCUT2D eigenvalue weighted by molar-refractivity contribution is 6.54. The molecule has 1 heterocycles. The van der Waals surface area contributed by atoms with E-state index in [4.69, 9.17) is 9.47 Å². The van der Waals surface area contributed by atoms with Crippen molar-refractivity contribution in [3.05, 3.63) is 96.1 Å². The molecule has 1 aliphatic rings. The van der Waals surface area contributed by atoms with Crippen LogP contribution in [-0.4, -0.2) is 42.6 Å². The van der Waals surface area contributed by atoms with Gasteiger partial charge in [-0.05, 0) is 36.4 Å². The number of amides is 1. The van der Waals surface area contributed by atoms with Crippen LogP contribution in [0.3, 0.4) is 0 Å². The fraction of sp³-hybridized carbons (Fsp3) is 0.115. The van der Waals surface area contributed by atoms with Crippen molar-refractivity contribution in [1.29, 1.82) is 0 Å². The smallest absolute Gasteiger partial charge is 0.354 e. The van der Waals surface area contributed by atoms with E-state index in [1.165, 1.54) is 19.2 Å². The van der Waals surface area contributed by atoms with Gasteiger partial charge in [0.25, 0.3) is 5.78 Å². The van der Waals surface area contributed by atoms with Gasteiger partial charge in [-0.2, -0.15) is 5.43 Å². The molecule has 1 saturated heterocycles. The van der Waals surface area contributed by atoms with Crippen LogP contribution in [0.5, 0.6) is 5.75 Å². The van der Waals surface area contributed by atoms with E-state index in [-0.39, 0.29) is 11.3 Å². The van der Waals surface area contributed by atoms with Crippen molar-refractivity contribution in [1.82, 2.24) is 5.43 Å². The lowest BCUT2D eigenvalue weighted by Gasteiger charge is -2.36. The lowest BCUT2D eigenvalue weighted by Crippen LogP contribution is -2.65. The molecule has 35 heavy (non-hydrogen) atoms. The molecule has 3 N–H and O–H groups in total. The second kappa shape index (κ2) is 9.70. The van der Waals surface area contributed by atoms with Gasteiger partial charge in [-0.1, -0.05) is 48.5 Å². The highest BCUT2D eigenvalue weighted by Gasteiger charge is 2.63. The number of hydrogen-bond acceptors (Lipinski definition) is 8. The number of nitrogens with one attached hydrogen (secondary N) is 2. The van der Waals surface area contributed by atoms with E-state index < -0.39 is 34.7 Å². The van der Waals surface area contributed by atoms with Crippen molar-refractivity contribution in [3.8, 4) is 5.75 Å². The fourth-order valence-corrected chi connectivity index (χ4v) is 3.89. The summed E-state index contributed by atoms with van der Waals surface area (Å²) in [6, 6.07) is 23.1. The minimum absolute atomic E-state index is 0.202. The molecular formula is C26H23N3O6. The summed E-state index contributed by atoms with van der Waals surface area (Å²) in [4.78, 5) is 41.2. The van der Waals surface area contributed by atoms with Crippen molar-refractivity contribution in [2.45, 2.75) is 5.66 Å². The van der Waals surface area contributed by atoms with E-state index in [9.17, 15) is 19.5 Å². The Bertz CT molecular complexity index is 1280. The van der Waals surface area contributed by atoms with Gasteiger partial charge in [-0.15, -0.1) is 0 Å². The summed E-state index contributed by atoms with van der Waals surface area (Å²) < 4.78 is 10.3. The number of rotatable bonds is 7. The first-order valence-corrected chi connectivity index (χ1v) is 10.6. The molecular weight excluding hydrogens is 450 g/mol. The van der Waals surface area contributed by atoms with Gasteiger partial charge in [0.15, 0.2) is 0 Å². The molecule has 178 valence electrons. The van der Waals surface area contributed by atoms with Gasteiger partial charge in [0.2, 0.25) is 5.66 Å². The third-order valence-corrected chi connectivity index (χ3v) is 5.58. The zero-order chi connectivity index (χ0) is 25.0. The average molecular weight is 473 g/mol. The van der Waals surface area contributed by atoms with E-state index in [1.54, 1.807) is 72.8 Å². The van der Waals surface area contributed by atoms with Gasteiger partial charge in [0.05, 0.1) is 14.2 Å². The highest BCUT2D eigenvalue weighted by Crippen LogP contribution is 2.40. The van der Waals surface area contributed by atoms with Crippen LogP contribution in [0.15, 0.2) is 90.5 Å². The summed E-state index contributed by atoms with van der Waals surface area (Å²) in [5.41, 5.74) is 3.96. The average Bonchev–Trinajstić information content (AvgIpc) is 3.14. The molecule has 9 heteroatoms. The Balaban J connectivity index is 1.97. The number of benzene rings is 3. The molecule has 1 fully saturated rings. The number of para-hydroxylation sites is 1. The summed E-state index contributed by atoms with van der Waals surface area (Å²) in [7, 11) is 2.62. The van der Waals surface area contributed by atoms with Crippen molar-refractivity contribution in [3.63, 3.8) is 0 Å². The molecule has 1 amide bonds. The molecule has 0 bridgehead atoms. The molecule has 9 nitrogen and oxygen atoms in total. The first kappa shape index (κ1) is 23.5. The number of aliphatic hydroxyl groups is 1. The zero-order valence-corrected chi connectivity index (χ0v) is 19.0. The van der Waals surface area contributed by atoms with Crippen LogP contribution in [0.1, 0.15) is 5.56 Å². The van der Waals surface area contributed by atoms with Gasteiger partial charge in [-0.3, -0.25) is 14.5 Å². The quantitative estimate of drug-likeness (QED) is 0.158. The van der Waals surface area contributed by atoms with Crippen molar-refractivity contribution in [2.75, 3.05) is 24.5 Å². The monoisotopic (exact) mass is 473 g/mol. The number of ether oxygens (including phenoxy) is 2. The normalized spacial score (nSPS) is 18.9. The Morgan fingerprint density at radius 2 is 1.49 bits per heavy atom. The highest BCUT2D eigenvalue weighted by atomic mass is 16.5. The van der Waals surface area contributed by atoms with Crippen LogP contribution in [0.2, 0.25) is 0 Å². The SMILES string of the molecule is COC(=O)C1(NNc2ccccc2)/C(=C(\O)c2ccccc2)C(=O)C(=O)N1c1ccc(OC)cc1. The molecule has 4 rings (SSSR count). The molecule has 0 aromatic heterocycles. The van der Waals surface area contributed by atoms with Crippen LogP contribution in [0.4, 0.5) is 11.4 Å². The summed E-state index contributed by atoms with van der Waals surface area (Å²) in [6.07, 6.45) is 0. The number of hydrogen-bond donors (Lipinski definition) is 3. The Morgan fingerprint density at radius 1 is 0.886 bits per heavy atom. The molecule has 0 spiro atoms. The number of carbonyl (C=O) groups excluding carboxylic acids is 3. The van der Waals surface area contributed by atoms with Crippen LogP contribution < -0.4 is 20.5 Å². The molecule has 0 aliphatic carbocycles. The molecule has 1 aliphatic heterocycles. The fourth-order valence-electron chi connectivity index (χ4n) is 3.89. The predicted octanol–water partition coefficient (Wildman–Crippen LogP) is 3.07. The number of ketones is 1. The topological polar surface area (TPSA) is 117 Å². The molecule has 0 saturated carbocycles. The second-order valence-corrected chi connectivity index (χ2v) is 7.58. The third-order valence-electron chi connectivity index (χ3n) is 5.58. The minimum Gasteiger partial charge on any atom is -0.507 e. The minimum atomic E-state index is -2.24. The number of hydrazine groups is 1. The van der Waals surface area contributed by atoms with Gasteiger partial charge in [0.1, 0.15) is 17.1 Å². The molecule has 3 aromatic rings. The summed E-state index contributed by atoms with van der Waals surface area (Å²) in [5, 5.41) is 11.2. The zero-order valence-electron chi connectivity index (χ0n) is 19.0. The second-order valence-electron chi connectivity index (χ2n) is 7.58. The molecule has 3 aromatic carbocycles. The molecule has 1 unspecified atom stereocenters. The Hall–Kier alpha value is -4.63. The van der Waals surface area contributed by atoms with Crippen molar-refractivity contribution < 1.29 is 29.0 Å². The summed E-state index contributed by atoms with van der Waals surface area (Å²) in [5.74, 6) is -3.11. The number of esters is 1. The first-order valence-electron chi connectivity index (χ1n) is 10.6. The number of anilines is 2. The molecule has 0 radical (unpaired) electrons. The van der Waals surface area contributed by atoms with E-state index in [1.807, 2.05) is 0 Å². The van der Waals surface area contributed by atoms with E-state index in [2.05, 4.69) is 10.9 Å².